The van der Waals surface area contributed by atoms with Gasteiger partial charge in [-0.1, -0.05) is 34.8 Å². The maximum absolute atomic E-state index is 3.68. The predicted molar refractivity (Wildman–Crippen MR) is 84.5 cm³/mol. The average Bonchev–Trinajstić information content (AvgIpc) is 3.05. The molecule has 2 nitrogen and oxygen atoms in total. The molecule has 1 saturated carbocycles. The van der Waals surface area contributed by atoms with Gasteiger partial charge >= 0.3 is 0 Å². The maximum atomic E-state index is 3.68. The molecule has 0 aliphatic heterocycles. The van der Waals surface area contributed by atoms with E-state index in [1.165, 1.54) is 47.5 Å². The van der Waals surface area contributed by atoms with Crippen molar-refractivity contribution in [2.45, 2.75) is 44.7 Å². The second-order valence-electron chi connectivity index (χ2n) is 5.47. The lowest BCUT2D eigenvalue weighted by Gasteiger charge is -2.12. The number of aromatic nitrogens is 1. The lowest BCUT2D eigenvalue weighted by Crippen LogP contribution is -2.27. The van der Waals surface area contributed by atoms with Gasteiger partial charge in [-0.25, -0.2) is 0 Å². The summed E-state index contributed by atoms with van der Waals surface area (Å²) in [6.45, 7) is 2.23. The number of nitrogens with one attached hydrogen (secondary N) is 1. The molecule has 1 heterocycles. The third kappa shape index (κ3) is 3.03. The lowest BCUT2D eigenvalue weighted by molar-refractivity contribution is 0.498. The fourth-order valence-electron chi connectivity index (χ4n) is 3.07. The van der Waals surface area contributed by atoms with E-state index in [2.05, 4.69) is 56.3 Å². The summed E-state index contributed by atoms with van der Waals surface area (Å²) in [4.78, 5) is 0. The molecule has 1 aromatic carbocycles. The fraction of sp³-hybridized carbons (Fsp3) is 0.500. The topological polar surface area (TPSA) is 17.0 Å². The Morgan fingerprint density at radius 2 is 2.05 bits per heavy atom. The Bertz CT molecular complexity index is 541. The Labute approximate surface area is 123 Å². The van der Waals surface area contributed by atoms with Gasteiger partial charge < -0.3 is 9.88 Å². The van der Waals surface area contributed by atoms with Gasteiger partial charge in [0, 0.05) is 34.2 Å². The first-order valence-electron chi connectivity index (χ1n) is 7.31. The van der Waals surface area contributed by atoms with Gasteiger partial charge in [-0.2, -0.15) is 0 Å². The van der Waals surface area contributed by atoms with E-state index in [-0.39, 0.29) is 0 Å². The van der Waals surface area contributed by atoms with Crippen LogP contribution in [0.2, 0.25) is 0 Å². The van der Waals surface area contributed by atoms with Crippen LogP contribution in [-0.4, -0.2) is 17.2 Å². The van der Waals surface area contributed by atoms with Crippen LogP contribution in [0.3, 0.4) is 0 Å². The molecule has 0 spiro atoms. The van der Waals surface area contributed by atoms with Crippen molar-refractivity contribution in [3.8, 4) is 0 Å². The smallest absolute Gasteiger partial charge is 0.0491 e. The predicted octanol–water partition coefficient (Wildman–Crippen LogP) is 4.33. The highest BCUT2D eigenvalue weighted by molar-refractivity contribution is 9.10. The molecule has 1 aromatic heterocycles. The first-order chi connectivity index (χ1) is 9.34. The molecule has 0 radical (unpaired) electrons. The normalized spacial score (nSPS) is 16.5. The molecule has 3 heteroatoms. The molecule has 0 bridgehead atoms. The van der Waals surface area contributed by atoms with Crippen molar-refractivity contribution in [3.05, 3.63) is 34.9 Å². The number of hydrogen-bond acceptors (Lipinski definition) is 1. The van der Waals surface area contributed by atoms with Crippen molar-refractivity contribution < 1.29 is 0 Å². The van der Waals surface area contributed by atoms with Crippen LogP contribution in [0.15, 0.2) is 34.9 Å². The van der Waals surface area contributed by atoms with Crippen molar-refractivity contribution in [1.29, 1.82) is 0 Å². The Kier molecular flexibility index (Phi) is 4.24. The zero-order valence-electron chi connectivity index (χ0n) is 11.2. The van der Waals surface area contributed by atoms with Crippen LogP contribution in [0.25, 0.3) is 10.9 Å². The number of rotatable bonds is 5. The van der Waals surface area contributed by atoms with E-state index in [1.807, 2.05) is 0 Å². The average molecular weight is 321 g/mol. The first-order valence-corrected chi connectivity index (χ1v) is 8.10. The number of nitrogens with zero attached hydrogens (tertiary/aromatic N) is 1. The van der Waals surface area contributed by atoms with Crippen molar-refractivity contribution in [2.75, 3.05) is 6.54 Å². The third-order valence-corrected chi connectivity index (χ3v) is 4.82. The lowest BCUT2D eigenvalue weighted by atomic mass is 10.2. The Hall–Kier alpha value is -0.800. The highest BCUT2D eigenvalue weighted by Gasteiger charge is 2.13. The number of halogens is 1. The minimum absolute atomic E-state index is 0.788. The SMILES string of the molecule is Brc1cccc2c1ccn2CCCNC1CCCC1. The summed E-state index contributed by atoms with van der Waals surface area (Å²) in [5.74, 6) is 0. The third-order valence-electron chi connectivity index (χ3n) is 4.12. The van der Waals surface area contributed by atoms with Gasteiger partial charge in [0.2, 0.25) is 0 Å². The molecule has 0 saturated heterocycles. The van der Waals surface area contributed by atoms with Crippen molar-refractivity contribution in [3.63, 3.8) is 0 Å². The summed E-state index contributed by atoms with van der Waals surface area (Å²) in [5.41, 5.74) is 1.33. The molecule has 1 fully saturated rings. The van der Waals surface area contributed by atoms with Crippen molar-refractivity contribution >= 4 is 26.8 Å². The highest BCUT2D eigenvalue weighted by Crippen LogP contribution is 2.24. The van der Waals surface area contributed by atoms with Gasteiger partial charge in [-0.05, 0) is 44.0 Å². The van der Waals surface area contributed by atoms with E-state index in [0.717, 1.165) is 19.1 Å². The summed E-state index contributed by atoms with van der Waals surface area (Å²) < 4.78 is 3.55. The Morgan fingerprint density at radius 3 is 2.89 bits per heavy atom. The molecular weight excluding hydrogens is 300 g/mol. The quantitative estimate of drug-likeness (QED) is 0.811. The molecule has 1 aliphatic carbocycles. The molecule has 19 heavy (non-hydrogen) atoms. The van der Waals surface area contributed by atoms with Crippen LogP contribution in [0.5, 0.6) is 0 Å². The largest absolute Gasteiger partial charge is 0.347 e. The van der Waals surface area contributed by atoms with Crippen molar-refractivity contribution in [1.82, 2.24) is 9.88 Å². The van der Waals surface area contributed by atoms with Crippen LogP contribution < -0.4 is 5.32 Å². The van der Waals surface area contributed by atoms with Gasteiger partial charge in [0.15, 0.2) is 0 Å². The summed E-state index contributed by atoms with van der Waals surface area (Å²) in [6.07, 6.45) is 8.97. The highest BCUT2D eigenvalue weighted by atomic mass is 79.9. The van der Waals surface area contributed by atoms with E-state index in [9.17, 15) is 0 Å². The minimum Gasteiger partial charge on any atom is -0.347 e. The zero-order chi connectivity index (χ0) is 13.1. The van der Waals surface area contributed by atoms with E-state index in [1.54, 1.807) is 0 Å². The van der Waals surface area contributed by atoms with Crippen LogP contribution in [0.4, 0.5) is 0 Å². The van der Waals surface area contributed by atoms with Gasteiger partial charge in [-0.3, -0.25) is 0 Å². The number of fused-ring (bicyclic) bond motifs is 1. The van der Waals surface area contributed by atoms with Crippen LogP contribution in [0, 0.1) is 0 Å². The van der Waals surface area contributed by atoms with E-state index >= 15 is 0 Å². The van der Waals surface area contributed by atoms with Gasteiger partial charge in [-0.15, -0.1) is 0 Å². The molecule has 0 unspecified atom stereocenters. The summed E-state index contributed by atoms with van der Waals surface area (Å²) in [5, 5.41) is 4.99. The van der Waals surface area contributed by atoms with Crippen molar-refractivity contribution in [2.24, 2.45) is 0 Å². The van der Waals surface area contributed by atoms with E-state index in [0.29, 0.717) is 0 Å². The fourth-order valence-corrected chi connectivity index (χ4v) is 3.55. The Balaban J connectivity index is 1.55. The maximum Gasteiger partial charge on any atom is 0.0491 e. The summed E-state index contributed by atoms with van der Waals surface area (Å²) in [7, 11) is 0. The Morgan fingerprint density at radius 1 is 1.21 bits per heavy atom. The summed E-state index contributed by atoms with van der Waals surface area (Å²) in [6, 6.07) is 9.40. The second kappa shape index (κ2) is 6.10. The molecule has 0 atom stereocenters. The van der Waals surface area contributed by atoms with E-state index in [4.69, 9.17) is 0 Å². The van der Waals surface area contributed by atoms with Gasteiger partial charge in [0.25, 0.3) is 0 Å². The van der Waals surface area contributed by atoms with Gasteiger partial charge in [0.05, 0.1) is 0 Å². The number of benzene rings is 1. The van der Waals surface area contributed by atoms with E-state index < -0.39 is 0 Å². The van der Waals surface area contributed by atoms with Crippen LogP contribution in [-0.2, 0) is 6.54 Å². The number of hydrogen-bond donors (Lipinski definition) is 1. The standard InChI is InChI=1S/C16H21BrN2/c17-15-7-3-8-16-14(15)9-12-19(16)11-4-10-18-13-5-1-2-6-13/h3,7-9,12-13,18H,1-2,4-6,10-11H2. The number of aryl methyl sites for hydroxylation is 1. The second-order valence-corrected chi connectivity index (χ2v) is 6.33. The molecule has 1 N–H and O–H groups in total. The van der Waals surface area contributed by atoms with Crippen LogP contribution in [0.1, 0.15) is 32.1 Å². The molecule has 0 amide bonds. The molecule has 2 aromatic rings. The monoisotopic (exact) mass is 320 g/mol. The summed E-state index contributed by atoms with van der Waals surface area (Å²) >= 11 is 3.61. The van der Waals surface area contributed by atoms with Gasteiger partial charge in [0.1, 0.15) is 0 Å². The van der Waals surface area contributed by atoms with Crippen LogP contribution >= 0.6 is 15.9 Å². The molecule has 102 valence electrons. The molecule has 3 rings (SSSR count). The minimum atomic E-state index is 0.788. The molecule has 1 aliphatic rings. The zero-order valence-corrected chi connectivity index (χ0v) is 12.8. The first kappa shape index (κ1) is 13.2. The molecular formula is C16H21BrN2.